The van der Waals surface area contributed by atoms with Crippen molar-refractivity contribution in [2.24, 2.45) is 5.73 Å². The number of nitrogens with two attached hydrogens (primary N) is 1. The lowest BCUT2D eigenvalue weighted by molar-refractivity contribution is 0.0713. The van der Waals surface area contributed by atoms with Crippen molar-refractivity contribution in [1.29, 1.82) is 0 Å². The lowest BCUT2D eigenvalue weighted by atomic mass is 10.0. The molecule has 3 nitrogen and oxygen atoms in total. The van der Waals surface area contributed by atoms with Crippen molar-refractivity contribution in [3.63, 3.8) is 0 Å². The summed E-state index contributed by atoms with van der Waals surface area (Å²) in [4.78, 5) is 0. The number of hydrogen-bond acceptors (Lipinski definition) is 3. The molecule has 0 heterocycles. The smallest absolute Gasteiger partial charge is 0.122 e. The van der Waals surface area contributed by atoms with Gasteiger partial charge in [0.05, 0.1) is 6.10 Å². The van der Waals surface area contributed by atoms with E-state index in [2.05, 4.69) is 6.92 Å². The summed E-state index contributed by atoms with van der Waals surface area (Å²) < 4.78 is 10.9. The second-order valence-electron chi connectivity index (χ2n) is 4.48. The highest BCUT2D eigenvalue weighted by molar-refractivity contribution is 6.30. The fourth-order valence-electron chi connectivity index (χ4n) is 1.55. The molecule has 4 heteroatoms. The van der Waals surface area contributed by atoms with Gasteiger partial charge in [0.25, 0.3) is 0 Å². The van der Waals surface area contributed by atoms with Crippen LogP contribution in [0, 0.1) is 0 Å². The predicted molar refractivity (Wildman–Crippen MR) is 75.4 cm³/mol. The molecule has 0 amide bonds. The fourth-order valence-corrected chi connectivity index (χ4v) is 1.75. The zero-order chi connectivity index (χ0) is 13.5. The van der Waals surface area contributed by atoms with Crippen LogP contribution < -0.4 is 10.5 Å². The number of benzene rings is 1. The monoisotopic (exact) mass is 271 g/mol. The van der Waals surface area contributed by atoms with Crippen molar-refractivity contribution in [1.82, 2.24) is 0 Å². The van der Waals surface area contributed by atoms with E-state index in [9.17, 15) is 0 Å². The van der Waals surface area contributed by atoms with Crippen LogP contribution in [-0.2, 0) is 11.2 Å². The van der Waals surface area contributed by atoms with Gasteiger partial charge in [0.2, 0.25) is 0 Å². The molecule has 2 N–H and O–H groups in total. The molecule has 0 fully saturated rings. The van der Waals surface area contributed by atoms with Gasteiger partial charge >= 0.3 is 0 Å². The van der Waals surface area contributed by atoms with E-state index < -0.39 is 0 Å². The van der Waals surface area contributed by atoms with E-state index in [1.54, 1.807) is 7.11 Å². The lowest BCUT2D eigenvalue weighted by Crippen LogP contribution is -2.22. The van der Waals surface area contributed by atoms with Crippen molar-refractivity contribution < 1.29 is 9.47 Å². The second kappa shape index (κ2) is 7.62. The molecule has 0 aliphatic carbocycles. The fraction of sp³-hybridized carbons (Fsp3) is 0.571. The van der Waals surface area contributed by atoms with Gasteiger partial charge in [0.15, 0.2) is 0 Å². The predicted octanol–water partition coefficient (Wildman–Crippen LogP) is 3.03. The first-order valence-electron chi connectivity index (χ1n) is 6.26. The normalized spacial score (nSPS) is 14.3. The Hall–Kier alpha value is -0.770. The Morgan fingerprint density at radius 1 is 1.39 bits per heavy atom. The molecule has 102 valence electrons. The number of methoxy groups -OCH3 is 1. The zero-order valence-corrected chi connectivity index (χ0v) is 12.0. The lowest BCUT2D eigenvalue weighted by Gasteiger charge is -2.16. The topological polar surface area (TPSA) is 44.5 Å². The summed E-state index contributed by atoms with van der Waals surface area (Å²) in [6.45, 7) is 4.56. The van der Waals surface area contributed by atoms with E-state index in [1.165, 1.54) is 0 Å². The van der Waals surface area contributed by atoms with Crippen LogP contribution in [0.15, 0.2) is 18.2 Å². The van der Waals surface area contributed by atoms with Crippen LogP contribution in [0.1, 0.15) is 25.8 Å². The molecule has 0 aromatic heterocycles. The highest BCUT2D eigenvalue weighted by Crippen LogP contribution is 2.24. The summed E-state index contributed by atoms with van der Waals surface area (Å²) >= 11 is 6.01. The SMILES string of the molecule is CCC(N)Cc1cc(Cl)ccc1OCC(C)OC. The number of hydrogen-bond donors (Lipinski definition) is 1. The molecule has 0 saturated heterocycles. The first kappa shape index (κ1) is 15.3. The molecule has 0 saturated carbocycles. The minimum atomic E-state index is 0.0633. The van der Waals surface area contributed by atoms with Gasteiger partial charge in [-0.15, -0.1) is 0 Å². The van der Waals surface area contributed by atoms with E-state index in [0.717, 1.165) is 24.2 Å². The summed E-state index contributed by atoms with van der Waals surface area (Å²) in [6.07, 6.45) is 1.77. The van der Waals surface area contributed by atoms with E-state index in [-0.39, 0.29) is 12.1 Å². The summed E-state index contributed by atoms with van der Waals surface area (Å²) in [5.74, 6) is 0.840. The summed E-state index contributed by atoms with van der Waals surface area (Å²) in [5.41, 5.74) is 7.04. The molecule has 0 aliphatic rings. The van der Waals surface area contributed by atoms with Crippen LogP contribution in [0.25, 0.3) is 0 Å². The third-order valence-electron chi connectivity index (χ3n) is 2.90. The highest BCUT2D eigenvalue weighted by Gasteiger charge is 2.10. The molecule has 18 heavy (non-hydrogen) atoms. The molecular weight excluding hydrogens is 250 g/mol. The molecule has 2 atom stereocenters. The van der Waals surface area contributed by atoms with Crippen LogP contribution in [0.2, 0.25) is 5.02 Å². The van der Waals surface area contributed by atoms with Gasteiger partial charge in [0, 0.05) is 18.2 Å². The van der Waals surface area contributed by atoms with Crippen molar-refractivity contribution in [2.75, 3.05) is 13.7 Å². The third kappa shape index (κ3) is 4.84. The highest BCUT2D eigenvalue weighted by atomic mass is 35.5. The van der Waals surface area contributed by atoms with Gasteiger partial charge in [-0.1, -0.05) is 18.5 Å². The van der Waals surface area contributed by atoms with E-state index in [1.807, 2.05) is 25.1 Å². The first-order valence-corrected chi connectivity index (χ1v) is 6.64. The number of halogens is 1. The van der Waals surface area contributed by atoms with Gasteiger partial charge in [-0.25, -0.2) is 0 Å². The average Bonchev–Trinajstić information content (AvgIpc) is 2.37. The van der Waals surface area contributed by atoms with Gasteiger partial charge in [-0.3, -0.25) is 0 Å². The molecule has 0 radical (unpaired) electrons. The number of rotatable bonds is 7. The average molecular weight is 272 g/mol. The van der Waals surface area contributed by atoms with Crippen molar-refractivity contribution in [3.8, 4) is 5.75 Å². The minimum Gasteiger partial charge on any atom is -0.491 e. The Balaban J connectivity index is 2.76. The summed E-state index contributed by atoms with van der Waals surface area (Å²) in [5, 5.41) is 0.709. The molecule has 1 aromatic rings. The Labute approximate surface area is 114 Å². The van der Waals surface area contributed by atoms with Gasteiger partial charge in [-0.2, -0.15) is 0 Å². The minimum absolute atomic E-state index is 0.0633. The van der Waals surface area contributed by atoms with Crippen molar-refractivity contribution >= 4 is 11.6 Å². The molecule has 0 aliphatic heterocycles. The van der Waals surface area contributed by atoms with Crippen LogP contribution >= 0.6 is 11.6 Å². The molecule has 2 unspecified atom stereocenters. The largest absolute Gasteiger partial charge is 0.491 e. The third-order valence-corrected chi connectivity index (χ3v) is 3.14. The maximum atomic E-state index is 6.01. The molecular formula is C14H22ClNO2. The molecule has 1 aromatic carbocycles. The van der Waals surface area contributed by atoms with Crippen LogP contribution in [0.4, 0.5) is 0 Å². The van der Waals surface area contributed by atoms with E-state index in [0.29, 0.717) is 11.6 Å². The maximum absolute atomic E-state index is 6.01. The molecule has 0 spiro atoms. The standard InChI is InChI=1S/C14H22ClNO2/c1-4-13(16)8-11-7-12(15)5-6-14(11)18-9-10(2)17-3/h5-7,10,13H,4,8-9,16H2,1-3H3. The first-order chi connectivity index (χ1) is 8.56. The molecule has 1 rings (SSSR count). The maximum Gasteiger partial charge on any atom is 0.122 e. The quantitative estimate of drug-likeness (QED) is 0.829. The Kier molecular flexibility index (Phi) is 6.47. The van der Waals surface area contributed by atoms with Gasteiger partial charge in [-0.05, 0) is 43.5 Å². The van der Waals surface area contributed by atoms with Crippen LogP contribution in [0.3, 0.4) is 0 Å². The van der Waals surface area contributed by atoms with Crippen LogP contribution in [0.5, 0.6) is 5.75 Å². The Bertz CT molecular complexity index is 371. The second-order valence-corrected chi connectivity index (χ2v) is 4.92. The zero-order valence-electron chi connectivity index (χ0n) is 11.3. The van der Waals surface area contributed by atoms with Gasteiger partial charge in [0.1, 0.15) is 12.4 Å². The van der Waals surface area contributed by atoms with E-state index >= 15 is 0 Å². The van der Waals surface area contributed by atoms with Gasteiger partial charge < -0.3 is 15.2 Å². The van der Waals surface area contributed by atoms with Crippen molar-refractivity contribution in [3.05, 3.63) is 28.8 Å². The number of ether oxygens (including phenoxy) is 2. The Morgan fingerprint density at radius 2 is 2.11 bits per heavy atom. The van der Waals surface area contributed by atoms with Crippen molar-refractivity contribution in [2.45, 2.75) is 38.8 Å². The van der Waals surface area contributed by atoms with E-state index in [4.69, 9.17) is 26.8 Å². The molecule has 0 bridgehead atoms. The van der Waals surface area contributed by atoms with Crippen LogP contribution in [-0.4, -0.2) is 25.9 Å². The Morgan fingerprint density at radius 3 is 2.72 bits per heavy atom. The summed E-state index contributed by atoms with van der Waals surface area (Å²) in [6, 6.07) is 5.77. The summed E-state index contributed by atoms with van der Waals surface area (Å²) in [7, 11) is 1.67.